The molecule has 2 N–H and O–H groups in total. The first kappa shape index (κ1) is 17.7. The second kappa shape index (κ2) is 8.15. The molecule has 6 heteroatoms. The molecule has 0 bridgehead atoms. The van der Waals surface area contributed by atoms with E-state index in [1.807, 2.05) is 6.92 Å². The van der Waals surface area contributed by atoms with Crippen LogP contribution in [0.4, 0.5) is 0 Å². The number of likely N-dealkylation sites (N-methyl/N-ethyl adjacent to an activating group) is 1. The average Bonchev–Trinajstić information content (AvgIpc) is 2.44. The Morgan fingerprint density at radius 3 is 2.52 bits per heavy atom. The van der Waals surface area contributed by atoms with Crippen molar-refractivity contribution in [1.29, 1.82) is 0 Å². The number of aliphatic hydroxyl groups is 2. The maximum atomic E-state index is 12.6. The zero-order valence-corrected chi connectivity index (χ0v) is 13.2. The maximum absolute atomic E-state index is 12.6. The van der Waals surface area contributed by atoms with E-state index in [1.165, 1.54) is 10.4 Å². The van der Waals surface area contributed by atoms with Crippen molar-refractivity contribution >= 4 is 10.0 Å². The minimum Gasteiger partial charge on any atom is -0.395 e. The minimum atomic E-state index is -3.69. The fraction of sp³-hybridized carbons (Fsp3) is 0.467. The molecule has 0 fully saturated rings. The van der Waals surface area contributed by atoms with Crippen LogP contribution in [0.2, 0.25) is 0 Å². The molecule has 0 saturated carbocycles. The lowest BCUT2D eigenvalue weighted by molar-refractivity contribution is 0.257. The maximum Gasteiger partial charge on any atom is 0.244 e. The Labute approximate surface area is 126 Å². The Kier molecular flexibility index (Phi) is 6.85. The number of aliphatic hydroxyl groups excluding tert-OH is 2. The van der Waals surface area contributed by atoms with Crippen LogP contribution in [-0.4, -0.2) is 49.2 Å². The third-order valence-electron chi connectivity index (χ3n) is 2.91. The zero-order valence-electron chi connectivity index (χ0n) is 12.3. The van der Waals surface area contributed by atoms with Gasteiger partial charge in [-0.05, 0) is 24.6 Å². The lowest BCUT2D eigenvalue weighted by atomic mass is 10.1. The lowest BCUT2D eigenvalue weighted by Crippen LogP contribution is -2.33. The highest BCUT2D eigenvalue weighted by molar-refractivity contribution is 7.89. The van der Waals surface area contributed by atoms with E-state index in [0.717, 1.165) is 5.56 Å². The fourth-order valence-electron chi connectivity index (χ4n) is 1.88. The van der Waals surface area contributed by atoms with Crippen LogP contribution in [0.3, 0.4) is 0 Å². The van der Waals surface area contributed by atoms with Crippen LogP contribution in [0.15, 0.2) is 23.1 Å². The number of sulfonamides is 1. The second-order valence-corrected chi connectivity index (χ2v) is 6.40. The van der Waals surface area contributed by atoms with Gasteiger partial charge >= 0.3 is 0 Å². The molecule has 21 heavy (non-hydrogen) atoms. The van der Waals surface area contributed by atoms with E-state index < -0.39 is 10.0 Å². The fourth-order valence-corrected chi connectivity index (χ4v) is 3.45. The second-order valence-electron chi connectivity index (χ2n) is 4.50. The Balaban J connectivity index is 3.32. The SMILES string of the molecule is CCN(CCO)S(=O)(=O)c1ccc(C)cc1C#CCCO. The molecule has 0 aliphatic rings. The number of hydrogen-bond acceptors (Lipinski definition) is 4. The molecule has 1 aromatic carbocycles. The predicted octanol–water partition coefficient (Wildman–Crippen LogP) is 0.732. The number of benzene rings is 1. The average molecular weight is 311 g/mol. The van der Waals surface area contributed by atoms with Crippen molar-refractivity contribution in [2.75, 3.05) is 26.3 Å². The van der Waals surface area contributed by atoms with E-state index >= 15 is 0 Å². The van der Waals surface area contributed by atoms with Crippen molar-refractivity contribution < 1.29 is 18.6 Å². The summed E-state index contributed by atoms with van der Waals surface area (Å²) < 4.78 is 26.4. The van der Waals surface area contributed by atoms with Crippen LogP contribution in [0, 0.1) is 18.8 Å². The lowest BCUT2D eigenvalue weighted by Gasteiger charge is -2.20. The zero-order chi connectivity index (χ0) is 15.9. The van der Waals surface area contributed by atoms with E-state index in [0.29, 0.717) is 12.0 Å². The van der Waals surface area contributed by atoms with Crippen LogP contribution >= 0.6 is 0 Å². The molecule has 0 saturated heterocycles. The van der Waals surface area contributed by atoms with Crippen LogP contribution in [-0.2, 0) is 10.0 Å². The Morgan fingerprint density at radius 1 is 1.24 bits per heavy atom. The monoisotopic (exact) mass is 311 g/mol. The van der Waals surface area contributed by atoms with Crippen molar-refractivity contribution in [3.63, 3.8) is 0 Å². The molecule has 0 atom stereocenters. The summed E-state index contributed by atoms with van der Waals surface area (Å²) in [6, 6.07) is 4.97. The van der Waals surface area contributed by atoms with Crippen LogP contribution < -0.4 is 0 Å². The van der Waals surface area contributed by atoms with Crippen LogP contribution in [0.5, 0.6) is 0 Å². The van der Waals surface area contributed by atoms with E-state index in [1.54, 1.807) is 19.1 Å². The molecule has 1 aromatic rings. The van der Waals surface area contributed by atoms with Gasteiger partial charge in [0, 0.05) is 25.1 Å². The van der Waals surface area contributed by atoms with E-state index in [4.69, 9.17) is 10.2 Å². The number of rotatable bonds is 6. The molecule has 116 valence electrons. The molecule has 0 unspecified atom stereocenters. The Hall–Kier alpha value is -1.39. The summed E-state index contributed by atoms with van der Waals surface area (Å²) in [6.07, 6.45) is 0.293. The highest BCUT2D eigenvalue weighted by Crippen LogP contribution is 2.21. The topological polar surface area (TPSA) is 77.8 Å². The first-order chi connectivity index (χ1) is 9.97. The van der Waals surface area contributed by atoms with Gasteiger partial charge in [0.15, 0.2) is 0 Å². The third kappa shape index (κ3) is 4.55. The molecule has 1 rings (SSSR count). The van der Waals surface area contributed by atoms with Crippen LogP contribution in [0.25, 0.3) is 0 Å². The molecule has 0 amide bonds. The molecule has 0 spiro atoms. The molecule has 0 heterocycles. The van der Waals surface area contributed by atoms with Gasteiger partial charge in [-0.2, -0.15) is 4.31 Å². The van der Waals surface area contributed by atoms with Gasteiger partial charge in [-0.25, -0.2) is 8.42 Å². The summed E-state index contributed by atoms with van der Waals surface area (Å²) in [7, 11) is -3.69. The van der Waals surface area contributed by atoms with Gasteiger partial charge in [0.2, 0.25) is 10.0 Å². The summed E-state index contributed by atoms with van der Waals surface area (Å²) in [5.41, 5.74) is 1.33. The number of hydrogen-bond donors (Lipinski definition) is 2. The molecular weight excluding hydrogens is 290 g/mol. The Bertz CT molecular complexity index is 629. The molecule has 0 radical (unpaired) electrons. The van der Waals surface area contributed by atoms with Gasteiger partial charge in [-0.1, -0.05) is 24.8 Å². The van der Waals surface area contributed by atoms with Gasteiger partial charge in [0.05, 0.1) is 18.1 Å². The van der Waals surface area contributed by atoms with Gasteiger partial charge in [-0.3, -0.25) is 0 Å². The summed E-state index contributed by atoms with van der Waals surface area (Å²) >= 11 is 0. The molecular formula is C15H21NO4S. The summed E-state index contributed by atoms with van der Waals surface area (Å²) in [4.78, 5) is 0.133. The first-order valence-electron chi connectivity index (χ1n) is 6.78. The first-order valence-corrected chi connectivity index (χ1v) is 8.22. The van der Waals surface area contributed by atoms with Gasteiger partial charge in [-0.15, -0.1) is 0 Å². The minimum absolute atomic E-state index is 0.0518. The molecule has 0 aromatic heterocycles. The van der Waals surface area contributed by atoms with Gasteiger partial charge < -0.3 is 10.2 Å². The van der Waals surface area contributed by atoms with Crippen LogP contribution in [0.1, 0.15) is 24.5 Å². The van der Waals surface area contributed by atoms with Gasteiger partial charge in [0.25, 0.3) is 0 Å². The van der Waals surface area contributed by atoms with Crippen molar-refractivity contribution in [2.24, 2.45) is 0 Å². The summed E-state index contributed by atoms with van der Waals surface area (Å²) in [5, 5.41) is 17.8. The molecule has 5 nitrogen and oxygen atoms in total. The van der Waals surface area contributed by atoms with Crippen molar-refractivity contribution in [2.45, 2.75) is 25.2 Å². The van der Waals surface area contributed by atoms with Crippen molar-refractivity contribution in [1.82, 2.24) is 4.31 Å². The predicted molar refractivity (Wildman–Crippen MR) is 81.3 cm³/mol. The van der Waals surface area contributed by atoms with E-state index in [-0.39, 0.29) is 31.2 Å². The summed E-state index contributed by atoms with van der Waals surface area (Å²) in [5.74, 6) is 5.55. The Morgan fingerprint density at radius 2 is 1.95 bits per heavy atom. The van der Waals surface area contributed by atoms with Gasteiger partial charge in [0.1, 0.15) is 0 Å². The van der Waals surface area contributed by atoms with E-state index in [9.17, 15) is 8.42 Å². The smallest absolute Gasteiger partial charge is 0.244 e. The molecule has 0 aliphatic heterocycles. The molecule has 0 aliphatic carbocycles. The number of nitrogens with zero attached hydrogens (tertiary/aromatic N) is 1. The highest BCUT2D eigenvalue weighted by Gasteiger charge is 2.25. The number of aryl methyl sites for hydroxylation is 1. The quantitative estimate of drug-likeness (QED) is 0.759. The van der Waals surface area contributed by atoms with Crippen molar-refractivity contribution in [3.8, 4) is 11.8 Å². The normalized spacial score (nSPS) is 11.3. The third-order valence-corrected chi connectivity index (χ3v) is 4.95. The largest absolute Gasteiger partial charge is 0.395 e. The van der Waals surface area contributed by atoms with E-state index in [2.05, 4.69) is 11.8 Å². The summed E-state index contributed by atoms with van der Waals surface area (Å²) in [6.45, 7) is 3.62. The van der Waals surface area contributed by atoms with Crippen molar-refractivity contribution in [3.05, 3.63) is 29.3 Å². The standard InChI is InChI=1S/C15H21NO4S/c1-3-16(9-11-18)21(19,20)15-8-7-13(2)12-14(15)6-4-5-10-17/h7-8,12,17-18H,3,5,9-11H2,1-2H3. The highest BCUT2D eigenvalue weighted by atomic mass is 32.2.